The molecule has 2 saturated carbocycles. The number of non-ortho nitro benzene ring substituents is 2. The molecular weight excluding hydrogens is 856 g/mol. The molecule has 0 unspecified atom stereocenters. The van der Waals surface area contributed by atoms with Gasteiger partial charge in [0, 0.05) is 36.7 Å². The standard InChI is InChI=1S/2C24H33ClN2O3Si/c2*1-24(2,3)31(4,5)30-23(20-10-13-22(25)26-16-20)19-9-6-18(15-19)14-17-7-11-21(12-8-17)27(28)29/h2*7-8,10-13,16,18-19,23H,6,9,14-15H2,1-5H3/t18-,19+,23+;18-,19-,23-/m10/s1. The highest BCUT2D eigenvalue weighted by Gasteiger charge is 2.44. The third-order valence-electron chi connectivity index (χ3n) is 14.0. The molecule has 0 radical (unpaired) electrons. The SMILES string of the molecule is CC(C)(C)[Si](C)(C)O[C@H](c1ccc(Cl)nc1)[C@H]1CC[C@@H](Cc2ccc([N+](=O)[O-])cc2)C1.CC(C)(C)[Si](C)(C)O[C@H](c1ccc(Cl)nc1)[C@H]1CC[C@H](Cc2ccc([N+](=O)[O-])cc2)C1. The smallest absolute Gasteiger partial charge is 0.269 e. The minimum absolute atomic E-state index is 0.0209. The molecule has 0 spiro atoms. The number of halogens is 2. The Hall–Kier alpha value is -3.53. The molecule has 0 bridgehead atoms. The van der Waals surface area contributed by atoms with Crippen molar-refractivity contribution in [2.24, 2.45) is 23.7 Å². The van der Waals surface area contributed by atoms with Gasteiger partial charge < -0.3 is 8.85 Å². The van der Waals surface area contributed by atoms with Gasteiger partial charge in [-0.2, -0.15) is 0 Å². The molecule has 2 heterocycles. The molecule has 10 nitrogen and oxygen atoms in total. The maximum absolute atomic E-state index is 10.9. The Labute approximate surface area is 381 Å². The molecule has 6 rings (SSSR count). The predicted octanol–water partition coefficient (Wildman–Crippen LogP) is 14.7. The van der Waals surface area contributed by atoms with Crippen LogP contribution in [0.3, 0.4) is 0 Å². The van der Waals surface area contributed by atoms with Crippen LogP contribution in [-0.2, 0) is 21.7 Å². The molecule has 2 aromatic heterocycles. The van der Waals surface area contributed by atoms with Crippen LogP contribution in [0.15, 0.2) is 85.2 Å². The Morgan fingerprint density at radius 2 is 0.935 bits per heavy atom. The van der Waals surface area contributed by atoms with E-state index in [2.05, 4.69) is 89.8 Å². The second kappa shape index (κ2) is 20.5. The van der Waals surface area contributed by atoms with Gasteiger partial charge in [-0.15, -0.1) is 0 Å². The molecule has 0 N–H and O–H groups in total. The van der Waals surface area contributed by atoms with Crippen LogP contribution in [0.4, 0.5) is 11.4 Å². The van der Waals surface area contributed by atoms with Crippen molar-refractivity contribution in [3.8, 4) is 0 Å². The number of rotatable bonds is 14. The van der Waals surface area contributed by atoms with Gasteiger partial charge in [0.1, 0.15) is 10.3 Å². The first-order valence-electron chi connectivity index (χ1n) is 22.0. The van der Waals surface area contributed by atoms with E-state index in [1.54, 1.807) is 24.3 Å². The number of aromatic nitrogens is 2. The average Bonchev–Trinajstić information content (AvgIpc) is 3.86. The number of nitro benzene ring substituents is 2. The third-order valence-corrected chi connectivity index (χ3v) is 23.3. The van der Waals surface area contributed by atoms with Gasteiger partial charge in [-0.25, -0.2) is 9.97 Å². The van der Waals surface area contributed by atoms with Crippen LogP contribution in [0, 0.1) is 43.9 Å². The van der Waals surface area contributed by atoms with Crippen LogP contribution in [0.1, 0.15) is 115 Å². The van der Waals surface area contributed by atoms with Gasteiger partial charge in [0.2, 0.25) is 0 Å². The summed E-state index contributed by atoms with van der Waals surface area (Å²) in [6.45, 7) is 22.8. The van der Waals surface area contributed by atoms with E-state index in [0.717, 1.165) is 73.6 Å². The lowest BCUT2D eigenvalue weighted by molar-refractivity contribution is -0.385. The molecule has 2 aliphatic carbocycles. The fraction of sp³-hybridized carbons (Fsp3) is 0.542. The second-order valence-corrected chi connectivity index (χ2v) is 30.8. The average molecular weight is 922 g/mol. The van der Waals surface area contributed by atoms with Crippen molar-refractivity contribution in [2.45, 2.75) is 141 Å². The van der Waals surface area contributed by atoms with E-state index in [-0.39, 0.29) is 43.5 Å². The second-order valence-electron chi connectivity index (χ2n) is 20.6. The van der Waals surface area contributed by atoms with Gasteiger partial charge in [0.15, 0.2) is 16.6 Å². The van der Waals surface area contributed by atoms with E-state index in [1.807, 2.05) is 48.8 Å². The van der Waals surface area contributed by atoms with Crippen LogP contribution < -0.4 is 0 Å². The van der Waals surface area contributed by atoms with Crippen molar-refractivity contribution in [1.82, 2.24) is 9.97 Å². The zero-order valence-corrected chi connectivity index (χ0v) is 41.7. The number of hydrogen-bond donors (Lipinski definition) is 0. The largest absolute Gasteiger partial charge is 0.410 e. The van der Waals surface area contributed by atoms with Crippen LogP contribution >= 0.6 is 23.2 Å². The molecule has 4 aromatic rings. The van der Waals surface area contributed by atoms with Crippen LogP contribution in [0.2, 0.25) is 46.6 Å². The zero-order valence-electron chi connectivity index (χ0n) is 38.2. The summed E-state index contributed by atoms with van der Waals surface area (Å²) in [5.41, 5.74) is 4.82. The molecule has 14 heteroatoms. The minimum atomic E-state index is -1.97. The molecule has 6 atom stereocenters. The Balaban J connectivity index is 0.000000234. The van der Waals surface area contributed by atoms with E-state index >= 15 is 0 Å². The first kappa shape index (κ1) is 49.5. The highest BCUT2D eigenvalue weighted by atomic mass is 35.5. The highest BCUT2D eigenvalue weighted by molar-refractivity contribution is 6.74. The number of nitrogens with zero attached hydrogens (tertiary/aromatic N) is 4. The number of hydrogen-bond acceptors (Lipinski definition) is 8. The van der Waals surface area contributed by atoms with Crippen LogP contribution in [-0.4, -0.2) is 36.4 Å². The summed E-state index contributed by atoms with van der Waals surface area (Å²) in [4.78, 5) is 29.7. The van der Waals surface area contributed by atoms with Crippen molar-refractivity contribution in [1.29, 1.82) is 0 Å². The molecule has 2 aliphatic rings. The summed E-state index contributed by atoms with van der Waals surface area (Å²) in [6, 6.07) is 21.8. The van der Waals surface area contributed by atoms with E-state index in [1.165, 1.54) is 0 Å². The number of benzene rings is 2. The van der Waals surface area contributed by atoms with Crippen molar-refractivity contribution >= 4 is 51.2 Å². The summed E-state index contributed by atoms with van der Waals surface area (Å²) < 4.78 is 13.9. The number of pyridine rings is 2. The van der Waals surface area contributed by atoms with Crippen molar-refractivity contribution < 1.29 is 18.7 Å². The van der Waals surface area contributed by atoms with Crippen molar-refractivity contribution in [3.63, 3.8) is 0 Å². The summed E-state index contributed by atoms with van der Waals surface area (Å²) in [7, 11) is -3.94. The molecular formula is C48H66Cl2N4O6Si2. The molecule has 2 aromatic carbocycles. The minimum Gasteiger partial charge on any atom is -0.410 e. The Morgan fingerprint density at radius 3 is 1.21 bits per heavy atom. The highest BCUT2D eigenvalue weighted by Crippen LogP contribution is 2.49. The van der Waals surface area contributed by atoms with E-state index < -0.39 is 16.6 Å². The van der Waals surface area contributed by atoms with Gasteiger partial charge in [0.05, 0.1) is 22.1 Å². The summed E-state index contributed by atoms with van der Waals surface area (Å²) >= 11 is 12.1. The van der Waals surface area contributed by atoms with E-state index in [4.69, 9.17) is 32.1 Å². The van der Waals surface area contributed by atoms with Gasteiger partial charge in [0.25, 0.3) is 11.4 Å². The Bertz CT molecular complexity index is 1940. The molecule has 62 heavy (non-hydrogen) atoms. The Kier molecular flexibility index (Phi) is 16.4. The van der Waals surface area contributed by atoms with Gasteiger partial charge in [-0.3, -0.25) is 20.2 Å². The van der Waals surface area contributed by atoms with Crippen LogP contribution in [0.5, 0.6) is 0 Å². The van der Waals surface area contributed by atoms with Crippen molar-refractivity contribution in [2.75, 3.05) is 0 Å². The maximum atomic E-state index is 10.9. The van der Waals surface area contributed by atoms with Gasteiger partial charge >= 0.3 is 0 Å². The molecule has 2 fully saturated rings. The molecule has 0 saturated heterocycles. The van der Waals surface area contributed by atoms with Gasteiger partial charge in [-0.1, -0.05) is 101 Å². The summed E-state index contributed by atoms with van der Waals surface area (Å²) in [5, 5.41) is 23.0. The summed E-state index contributed by atoms with van der Waals surface area (Å²) in [6.07, 6.45) is 12.3. The number of nitro groups is 2. The normalized spacial score (nSPS) is 20.6. The molecule has 336 valence electrons. The third kappa shape index (κ3) is 13.3. The van der Waals surface area contributed by atoms with Crippen LogP contribution in [0.25, 0.3) is 0 Å². The fourth-order valence-corrected chi connectivity index (χ4v) is 11.2. The first-order chi connectivity index (χ1) is 28.9. The van der Waals surface area contributed by atoms with E-state index in [0.29, 0.717) is 34.0 Å². The van der Waals surface area contributed by atoms with Gasteiger partial charge in [-0.05, 0) is 146 Å². The lowest BCUT2D eigenvalue weighted by Gasteiger charge is -2.41. The zero-order chi connectivity index (χ0) is 45.6. The first-order valence-corrected chi connectivity index (χ1v) is 28.5. The molecule has 0 aliphatic heterocycles. The topological polar surface area (TPSA) is 131 Å². The maximum Gasteiger partial charge on any atom is 0.269 e. The van der Waals surface area contributed by atoms with Crippen molar-refractivity contribution in [3.05, 3.63) is 138 Å². The lowest BCUT2D eigenvalue weighted by Crippen LogP contribution is -2.43. The summed E-state index contributed by atoms with van der Waals surface area (Å²) in [5.74, 6) is 1.97. The predicted molar refractivity (Wildman–Crippen MR) is 256 cm³/mol. The fourth-order valence-electron chi connectivity index (χ4n) is 8.29. The monoisotopic (exact) mass is 920 g/mol. The quantitative estimate of drug-likeness (QED) is 0.0529. The lowest BCUT2D eigenvalue weighted by atomic mass is 9.92. The van der Waals surface area contributed by atoms with E-state index in [9.17, 15) is 20.2 Å². The molecule has 0 amide bonds. The Morgan fingerprint density at radius 1 is 0.597 bits per heavy atom.